The number of ether oxygens (including phenoxy) is 2. The smallest absolute Gasteiger partial charge is 0.747 e. The van der Waals surface area contributed by atoms with Crippen molar-refractivity contribution in [2.75, 3.05) is 0 Å². The van der Waals surface area contributed by atoms with Gasteiger partial charge >= 0.3 is 53.4 Å². The zero-order valence-electron chi connectivity index (χ0n) is 10.4. The van der Waals surface area contributed by atoms with Crippen LogP contribution in [0.5, 0.6) is 0 Å². The van der Waals surface area contributed by atoms with Crippen LogP contribution in [0.3, 0.4) is 0 Å². The Kier molecular flexibility index (Phi) is 9.04. The molecule has 0 rings (SSSR count). The molecule has 0 amide bonds. The van der Waals surface area contributed by atoms with Crippen LogP contribution in [0.4, 0.5) is 0 Å². The molecule has 0 aromatic rings. The summed E-state index contributed by atoms with van der Waals surface area (Å²) in [6.07, 6.45) is -1.21. The van der Waals surface area contributed by atoms with E-state index in [0.717, 1.165) is 13.8 Å². The maximum absolute atomic E-state index is 11.1. The van der Waals surface area contributed by atoms with E-state index in [9.17, 15) is 32.1 Å². The van der Waals surface area contributed by atoms with E-state index in [1.807, 2.05) is 0 Å². The fourth-order valence-corrected chi connectivity index (χ4v) is 1.49. The largest absolute Gasteiger partial charge is 1.00 e. The fraction of sp³-hybridized carbons (Fsp3) is 0.500. The van der Waals surface area contributed by atoms with Crippen molar-refractivity contribution in [1.29, 1.82) is 0 Å². The number of esters is 4. The summed E-state index contributed by atoms with van der Waals surface area (Å²) in [6.45, 7) is 1.67. The van der Waals surface area contributed by atoms with E-state index in [1.165, 1.54) is 0 Å². The van der Waals surface area contributed by atoms with E-state index in [2.05, 4.69) is 9.47 Å². The standard InChI is InChI=1S/C8H10O9S.Na/c1-4(9)16-7(11)3-6(18(13,14)15)8(12)17-5(2)10;/h6H,3H2,1-2H3,(H,13,14,15);/q;+1/p-1. The maximum atomic E-state index is 11.1. The first-order valence-corrected chi connectivity index (χ1v) is 5.89. The molecule has 11 heteroatoms. The molecule has 9 nitrogen and oxygen atoms in total. The topological polar surface area (TPSA) is 144 Å². The van der Waals surface area contributed by atoms with Gasteiger partial charge in [-0.3, -0.25) is 19.2 Å². The first-order valence-electron chi connectivity index (χ1n) is 4.42. The summed E-state index contributed by atoms with van der Waals surface area (Å²) in [5, 5.41) is -2.44. The van der Waals surface area contributed by atoms with E-state index in [1.54, 1.807) is 0 Å². The van der Waals surface area contributed by atoms with Crippen molar-refractivity contribution in [3.05, 3.63) is 0 Å². The van der Waals surface area contributed by atoms with Crippen molar-refractivity contribution in [2.24, 2.45) is 0 Å². The number of rotatable bonds is 4. The Balaban J connectivity index is 0. The van der Waals surface area contributed by atoms with Gasteiger partial charge in [-0.25, -0.2) is 8.42 Å². The number of hydrogen-bond acceptors (Lipinski definition) is 9. The average Bonchev–Trinajstić information content (AvgIpc) is 2.09. The summed E-state index contributed by atoms with van der Waals surface area (Å²) in [7, 11) is -5.23. The molecular formula is C8H9NaO9S. The van der Waals surface area contributed by atoms with Crippen molar-refractivity contribution >= 4 is 34.0 Å². The van der Waals surface area contributed by atoms with Crippen molar-refractivity contribution in [2.45, 2.75) is 25.5 Å². The SMILES string of the molecule is CC(=O)OC(=O)CC(C(=O)OC(C)=O)S(=O)(=O)[O-].[Na+]. The van der Waals surface area contributed by atoms with E-state index >= 15 is 0 Å². The molecule has 0 aliphatic heterocycles. The predicted molar refractivity (Wildman–Crippen MR) is 51.6 cm³/mol. The Morgan fingerprint density at radius 3 is 1.79 bits per heavy atom. The number of carbonyl (C=O) groups is 4. The van der Waals surface area contributed by atoms with Gasteiger partial charge in [-0.15, -0.1) is 0 Å². The van der Waals surface area contributed by atoms with Gasteiger partial charge in [0.05, 0.1) is 6.42 Å². The molecular weight excluding hydrogens is 295 g/mol. The third kappa shape index (κ3) is 8.83. The van der Waals surface area contributed by atoms with Gasteiger partial charge in [0.2, 0.25) is 0 Å². The Bertz CT molecular complexity index is 480. The molecule has 0 radical (unpaired) electrons. The van der Waals surface area contributed by atoms with Crippen LogP contribution in [0.25, 0.3) is 0 Å². The van der Waals surface area contributed by atoms with Crippen LogP contribution in [0.2, 0.25) is 0 Å². The van der Waals surface area contributed by atoms with Crippen molar-refractivity contribution in [1.82, 2.24) is 0 Å². The van der Waals surface area contributed by atoms with E-state index in [0.29, 0.717) is 0 Å². The van der Waals surface area contributed by atoms with Crippen molar-refractivity contribution < 1.29 is 71.2 Å². The Labute approximate surface area is 130 Å². The van der Waals surface area contributed by atoms with Gasteiger partial charge in [0, 0.05) is 13.8 Å². The van der Waals surface area contributed by atoms with Crippen LogP contribution in [-0.2, 0) is 38.8 Å². The maximum Gasteiger partial charge on any atom is 1.00 e. The molecule has 0 spiro atoms. The van der Waals surface area contributed by atoms with Gasteiger partial charge in [-0.1, -0.05) is 0 Å². The van der Waals surface area contributed by atoms with Gasteiger partial charge in [-0.05, 0) is 0 Å². The molecule has 0 aromatic carbocycles. The minimum Gasteiger partial charge on any atom is -0.747 e. The zero-order valence-corrected chi connectivity index (χ0v) is 13.2. The number of hydrogen-bond donors (Lipinski definition) is 0. The molecule has 0 aliphatic rings. The average molecular weight is 304 g/mol. The second-order valence-corrected chi connectivity index (χ2v) is 4.62. The second kappa shape index (κ2) is 8.38. The van der Waals surface area contributed by atoms with Crippen LogP contribution in [0, 0.1) is 0 Å². The van der Waals surface area contributed by atoms with Crippen LogP contribution >= 0.6 is 0 Å². The molecule has 0 aliphatic carbocycles. The molecule has 0 fully saturated rings. The van der Waals surface area contributed by atoms with E-state index in [-0.39, 0.29) is 29.6 Å². The fourth-order valence-electron chi connectivity index (χ4n) is 0.864. The van der Waals surface area contributed by atoms with Gasteiger partial charge in [0.1, 0.15) is 10.1 Å². The van der Waals surface area contributed by atoms with Gasteiger partial charge < -0.3 is 14.0 Å². The zero-order chi connectivity index (χ0) is 14.5. The van der Waals surface area contributed by atoms with Gasteiger partial charge in [-0.2, -0.15) is 0 Å². The second-order valence-electron chi connectivity index (χ2n) is 3.06. The summed E-state index contributed by atoms with van der Waals surface area (Å²) >= 11 is 0. The molecule has 1 atom stereocenters. The van der Waals surface area contributed by atoms with Gasteiger partial charge in [0.25, 0.3) is 0 Å². The van der Waals surface area contributed by atoms with E-state index < -0.39 is 45.7 Å². The monoisotopic (exact) mass is 304 g/mol. The van der Waals surface area contributed by atoms with Crippen LogP contribution in [0.1, 0.15) is 20.3 Å². The third-order valence-corrected chi connectivity index (χ3v) is 2.52. The number of carbonyl (C=O) groups excluding carboxylic acids is 4. The molecule has 102 valence electrons. The van der Waals surface area contributed by atoms with Crippen molar-refractivity contribution in [3.63, 3.8) is 0 Å². The first kappa shape index (κ1) is 20.5. The molecule has 0 saturated carbocycles. The molecule has 0 heterocycles. The summed E-state index contributed by atoms with van der Waals surface area (Å²) in [4.78, 5) is 42.9. The summed E-state index contributed by atoms with van der Waals surface area (Å²) in [5.74, 6) is -5.28. The van der Waals surface area contributed by atoms with Gasteiger partial charge in [0.15, 0.2) is 5.25 Å². The summed E-state index contributed by atoms with van der Waals surface area (Å²) < 4.78 is 40.0. The third-order valence-electron chi connectivity index (χ3n) is 1.47. The first-order chi connectivity index (χ1) is 8.04. The molecule has 19 heavy (non-hydrogen) atoms. The summed E-state index contributed by atoms with van der Waals surface area (Å²) in [6, 6.07) is 0. The molecule has 0 bridgehead atoms. The Morgan fingerprint density at radius 1 is 1.05 bits per heavy atom. The Hall–Kier alpha value is -0.810. The van der Waals surface area contributed by atoms with Crippen molar-refractivity contribution in [3.8, 4) is 0 Å². The minimum absolute atomic E-state index is 0. The molecule has 0 aromatic heterocycles. The quantitative estimate of drug-likeness (QED) is 0.217. The molecule has 0 saturated heterocycles. The molecule has 1 unspecified atom stereocenters. The van der Waals surface area contributed by atoms with Crippen LogP contribution < -0.4 is 29.6 Å². The normalized spacial score (nSPS) is 11.7. The molecule has 0 N–H and O–H groups in total. The predicted octanol–water partition coefficient (Wildman–Crippen LogP) is -4.53. The Morgan fingerprint density at radius 2 is 1.47 bits per heavy atom. The van der Waals surface area contributed by atoms with E-state index in [4.69, 9.17) is 0 Å². The van der Waals surface area contributed by atoms with Crippen LogP contribution in [-0.4, -0.2) is 42.1 Å². The van der Waals surface area contributed by atoms with Crippen LogP contribution in [0.15, 0.2) is 0 Å². The summed E-state index contributed by atoms with van der Waals surface area (Å²) in [5.41, 5.74) is 0. The minimum atomic E-state index is -5.23.